The Balaban J connectivity index is 1.98. The van der Waals surface area contributed by atoms with Crippen molar-refractivity contribution in [2.45, 2.75) is 26.8 Å². The Morgan fingerprint density at radius 2 is 2.07 bits per heavy atom. The number of nitrogens with two attached hydrogens (primary N) is 1. The van der Waals surface area contributed by atoms with Crippen molar-refractivity contribution in [3.05, 3.63) is 44.1 Å². The van der Waals surface area contributed by atoms with Crippen LogP contribution in [0.3, 0.4) is 0 Å². The van der Waals surface area contributed by atoms with Crippen LogP contribution in [-0.4, -0.2) is 31.5 Å². The third-order valence-corrected chi connectivity index (χ3v) is 5.14. The number of aryl methyl sites for hydroxylation is 2. The van der Waals surface area contributed by atoms with Gasteiger partial charge in [-0.25, -0.2) is 13.8 Å². The summed E-state index contributed by atoms with van der Waals surface area (Å²) < 4.78 is 27.2. The predicted octanol–water partition coefficient (Wildman–Crippen LogP) is 2.69. The maximum Gasteiger partial charge on any atom is 0.390 e. The minimum atomic E-state index is -2.80. The van der Waals surface area contributed by atoms with Crippen molar-refractivity contribution < 1.29 is 23.3 Å². The van der Waals surface area contributed by atoms with Crippen LogP contribution in [0.1, 0.15) is 33.0 Å². The number of rotatable bonds is 6. The van der Waals surface area contributed by atoms with E-state index in [0.29, 0.717) is 16.6 Å². The van der Waals surface area contributed by atoms with Crippen LogP contribution in [0.5, 0.6) is 0 Å². The summed E-state index contributed by atoms with van der Waals surface area (Å²) in [4.78, 5) is 38.3. The van der Waals surface area contributed by atoms with E-state index in [2.05, 4.69) is 15.4 Å². The molecule has 3 aromatic rings. The number of carbonyl (C=O) groups is 2. The molecule has 3 N–H and O–H groups in total. The fourth-order valence-corrected chi connectivity index (χ4v) is 3.83. The lowest BCUT2D eigenvalue weighted by Gasteiger charge is -2.08. The van der Waals surface area contributed by atoms with Crippen LogP contribution < -0.4 is 11.1 Å². The number of carbonyl (C=O) groups excluding carboxylic acids is 2. The second-order valence-corrected chi connectivity index (χ2v) is 7.12. The van der Waals surface area contributed by atoms with Crippen LogP contribution in [0.4, 0.5) is 20.3 Å². The molecule has 0 radical (unpaired) electrons. The smallest absolute Gasteiger partial charge is 0.365 e. The standard InChI is InChI=1S/C16H14F2N6O4S/c1-6-3-8(14(17)18)20-16-11(6)12(13(29-16)15(19)26)21-10(25)5-23-7(2)4-9(22-23)24(27)28/h3-4,14H,5H2,1-2H3,(H2,19,26)(H,21,25). The highest BCUT2D eigenvalue weighted by Gasteiger charge is 2.24. The lowest BCUT2D eigenvalue weighted by atomic mass is 10.1. The van der Waals surface area contributed by atoms with Crippen molar-refractivity contribution in [3.63, 3.8) is 0 Å². The first kappa shape index (κ1) is 20.3. The molecule has 0 aliphatic carbocycles. The van der Waals surface area contributed by atoms with Crippen LogP contribution in [0, 0.1) is 24.0 Å². The highest BCUT2D eigenvalue weighted by atomic mass is 32.1. The zero-order valence-corrected chi connectivity index (χ0v) is 15.9. The Hall–Kier alpha value is -3.48. The summed E-state index contributed by atoms with van der Waals surface area (Å²) in [5.74, 6) is -1.90. The van der Waals surface area contributed by atoms with Gasteiger partial charge in [-0.1, -0.05) is 0 Å². The van der Waals surface area contributed by atoms with E-state index in [9.17, 15) is 28.5 Å². The number of nitro groups is 1. The van der Waals surface area contributed by atoms with Crippen LogP contribution in [0.2, 0.25) is 0 Å². The number of alkyl halides is 2. The molecule has 10 nitrogen and oxygen atoms in total. The van der Waals surface area contributed by atoms with Gasteiger partial charge < -0.3 is 21.2 Å². The van der Waals surface area contributed by atoms with Crippen LogP contribution in [0.25, 0.3) is 10.2 Å². The Bertz CT molecular complexity index is 1160. The van der Waals surface area contributed by atoms with Gasteiger partial charge >= 0.3 is 5.82 Å². The Morgan fingerprint density at radius 3 is 2.62 bits per heavy atom. The van der Waals surface area contributed by atoms with Crippen molar-refractivity contribution in [1.82, 2.24) is 14.8 Å². The molecule has 2 amide bonds. The van der Waals surface area contributed by atoms with E-state index in [1.807, 2.05) is 0 Å². The minimum absolute atomic E-state index is 0.0430. The fraction of sp³-hybridized carbons (Fsp3) is 0.250. The number of amides is 2. The highest BCUT2D eigenvalue weighted by molar-refractivity contribution is 7.21. The molecule has 0 aromatic carbocycles. The van der Waals surface area contributed by atoms with Crippen molar-refractivity contribution in [3.8, 4) is 0 Å². The Morgan fingerprint density at radius 1 is 1.38 bits per heavy atom. The minimum Gasteiger partial charge on any atom is -0.365 e. The number of primary amides is 1. The number of hydrogen-bond donors (Lipinski definition) is 2. The Kier molecular flexibility index (Phi) is 5.24. The summed E-state index contributed by atoms with van der Waals surface area (Å²) in [6.45, 7) is 2.73. The molecule has 3 rings (SSSR count). The summed E-state index contributed by atoms with van der Waals surface area (Å²) >= 11 is 0.792. The lowest BCUT2D eigenvalue weighted by Crippen LogP contribution is -2.22. The summed E-state index contributed by atoms with van der Waals surface area (Å²) in [5, 5.41) is 17.4. The van der Waals surface area contributed by atoms with E-state index in [-0.39, 0.29) is 21.9 Å². The molecule has 0 aliphatic heterocycles. The molecule has 0 unspecified atom stereocenters. The largest absolute Gasteiger partial charge is 0.390 e. The van der Waals surface area contributed by atoms with Gasteiger partial charge in [0.05, 0.1) is 22.5 Å². The van der Waals surface area contributed by atoms with Gasteiger partial charge in [0.15, 0.2) is 0 Å². The molecule has 0 atom stereocenters. The van der Waals surface area contributed by atoms with E-state index in [1.165, 1.54) is 12.1 Å². The third kappa shape index (κ3) is 3.89. The number of anilines is 1. The number of halogens is 2. The number of thiophene rings is 1. The zero-order chi connectivity index (χ0) is 21.5. The molecule has 3 heterocycles. The first-order valence-electron chi connectivity index (χ1n) is 8.09. The third-order valence-electron chi connectivity index (χ3n) is 4.04. The molecule has 0 saturated heterocycles. The second-order valence-electron chi connectivity index (χ2n) is 6.12. The quantitative estimate of drug-likeness (QED) is 0.459. The number of hydrogen-bond acceptors (Lipinski definition) is 7. The van der Waals surface area contributed by atoms with Crippen LogP contribution >= 0.6 is 11.3 Å². The first-order valence-corrected chi connectivity index (χ1v) is 8.90. The number of nitrogens with zero attached hydrogens (tertiary/aromatic N) is 4. The topological polar surface area (TPSA) is 146 Å². The highest BCUT2D eigenvalue weighted by Crippen LogP contribution is 2.38. The SMILES string of the molecule is Cc1cc(C(F)F)nc2sc(C(N)=O)c(NC(=O)Cn3nc([N+](=O)[O-])cc3C)c12. The molecule has 0 fully saturated rings. The second kappa shape index (κ2) is 7.50. The van der Waals surface area contributed by atoms with Gasteiger partial charge in [0.1, 0.15) is 21.9 Å². The average molecular weight is 424 g/mol. The maximum atomic E-state index is 13.0. The fourth-order valence-electron chi connectivity index (χ4n) is 2.77. The Labute approximate surface area is 165 Å². The van der Waals surface area contributed by atoms with Gasteiger partial charge in [0.2, 0.25) is 5.91 Å². The van der Waals surface area contributed by atoms with Crippen molar-refractivity contribution in [2.24, 2.45) is 5.73 Å². The van der Waals surface area contributed by atoms with Gasteiger partial charge in [-0.15, -0.1) is 11.3 Å². The predicted molar refractivity (Wildman–Crippen MR) is 100 cm³/mol. The van der Waals surface area contributed by atoms with E-state index in [4.69, 9.17) is 5.73 Å². The number of nitrogens with one attached hydrogen (secondary N) is 1. The molecule has 13 heteroatoms. The normalized spacial score (nSPS) is 11.2. The van der Waals surface area contributed by atoms with Crippen molar-refractivity contribution in [2.75, 3.05) is 5.32 Å². The van der Waals surface area contributed by atoms with Gasteiger partial charge in [0, 0.05) is 5.39 Å². The molecule has 152 valence electrons. The molecule has 0 bridgehead atoms. The van der Waals surface area contributed by atoms with E-state index in [0.717, 1.165) is 16.0 Å². The summed E-state index contributed by atoms with van der Waals surface area (Å²) in [7, 11) is 0. The molecule has 0 aliphatic rings. The van der Waals surface area contributed by atoms with Gasteiger partial charge in [-0.2, -0.15) is 4.68 Å². The van der Waals surface area contributed by atoms with E-state index in [1.54, 1.807) is 13.8 Å². The molecule has 0 saturated carbocycles. The van der Waals surface area contributed by atoms with Crippen LogP contribution in [0.15, 0.2) is 12.1 Å². The van der Waals surface area contributed by atoms with Crippen molar-refractivity contribution >= 4 is 44.9 Å². The maximum absolute atomic E-state index is 13.0. The summed E-state index contributed by atoms with van der Waals surface area (Å²) in [6.07, 6.45) is -2.80. The lowest BCUT2D eigenvalue weighted by molar-refractivity contribution is -0.389. The van der Waals surface area contributed by atoms with Gasteiger partial charge in [-0.05, 0) is 30.4 Å². The molecular weight excluding hydrogens is 410 g/mol. The number of aromatic nitrogens is 3. The summed E-state index contributed by atoms with van der Waals surface area (Å²) in [5.41, 5.74) is 5.75. The average Bonchev–Trinajstić information content (AvgIpc) is 3.16. The number of pyridine rings is 1. The van der Waals surface area contributed by atoms with Crippen LogP contribution in [-0.2, 0) is 11.3 Å². The number of fused-ring (bicyclic) bond motifs is 1. The first-order chi connectivity index (χ1) is 13.6. The van der Waals surface area contributed by atoms with E-state index >= 15 is 0 Å². The van der Waals surface area contributed by atoms with Gasteiger partial charge in [-0.3, -0.25) is 9.59 Å². The summed E-state index contributed by atoms with van der Waals surface area (Å²) in [6, 6.07) is 2.38. The van der Waals surface area contributed by atoms with Gasteiger partial charge in [0.25, 0.3) is 12.3 Å². The molecule has 0 spiro atoms. The molecular formula is C16H14F2N6O4S. The molecule has 3 aromatic heterocycles. The van der Waals surface area contributed by atoms with E-state index < -0.39 is 34.7 Å². The zero-order valence-electron chi connectivity index (χ0n) is 15.1. The monoisotopic (exact) mass is 424 g/mol. The van der Waals surface area contributed by atoms with Crippen molar-refractivity contribution in [1.29, 1.82) is 0 Å². The molecule has 29 heavy (non-hydrogen) atoms.